The van der Waals surface area contributed by atoms with Gasteiger partial charge >= 0.3 is 7.60 Å². The molecule has 0 spiro atoms. The normalized spacial score (nSPS) is 12.4. The molecule has 0 fully saturated rings. The van der Waals surface area contributed by atoms with E-state index in [1.807, 2.05) is 43.5 Å². The predicted octanol–water partition coefficient (Wildman–Crippen LogP) is 4.03. The number of allylic oxidation sites excluding steroid dienone is 1. The van der Waals surface area contributed by atoms with E-state index in [1.54, 1.807) is 11.3 Å². The summed E-state index contributed by atoms with van der Waals surface area (Å²) in [7, 11) is -2.92. The van der Waals surface area contributed by atoms with Gasteiger partial charge in [0.15, 0.2) is 0 Å². The second-order valence-corrected chi connectivity index (χ2v) is 6.13. The van der Waals surface area contributed by atoms with Crippen LogP contribution in [0.5, 0.6) is 0 Å². The van der Waals surface area contributed by atoms with Gasteiger partial charge in [-0.05, 0) is 31.4 Å². The monoisotopic (exact) mass is 260 g/mol. The van der Waals surface area contributed by atoms with Crippen LogP contribution in [0.15, 0.2) is 23.6 Å². The predicted molar refractivity (Wildman–Crippen MR) is 69.1 cm³/mol. The lowest BCUT2D eigenvalue weighted by Gasteiger charge is -2.14. The molecule has 0 saturated carbocycles. The van der Waals surface area contributed by atoms with Gasteiger partial charge in [-0.3, -0.25) is 4.57 Å². The Morgan fingerprint density at radius 1 is 1.38 bits per heavy atom. The first-order chi connectivity index (χ1) is 7.70. The first kappa shape index (κ1) is 13.7. The van der Waals surface area contributed by atoms with Gasteiger partial charge in [-0.15, -0.1) is 11.3 Å². The maximum Gasteiger partial charge on any atom is 0.334 e. The highest BCUT2D eigenvalue weighted by Crippen LogP contribution is 2.47. The molecule has 0 saturated heterocycles. The van der Waals surface area contributed by atoms with Crippen molar-refractivity contribution in [2.24, 2.45) is 0 Å². The zero-order valence-corrected chi connectivity index (χ0v) is 11.3. The molecule has 0 aliphatic rings. The molecule has 0 bridgehead atoms. The summed E-state index contributed by atoms with van der Waals surface area (Å²) in [6.07, 6.45) is 4.11. The molecule has 0 amide bonds. The molecule has 1 heterocycles. The van der Waals surface area contributed by atoms with Crippen LogP contribution in [0.4, 0.5) is 0 Å². The molecule has 0 aliphatic carbocycles. The second-order valence-electron chi connectivity index (χ2n) is 3.05. The molecule has 16 heavy (non-hydrogen) atoms. The van der Waals surface area contributed by atoms with E-state index in [0.29, 0.717) is 19.4 Å². The fourth-order valence-corrected chi connectivity index (χ4v) is 3.30. The largest absolute Gasteiger partial charge is 0.334 e. The van der Waals surface area contributed by atoms with Crippen molar-refractivity contribution in [3.63, 3.8) is 0 Å². The molecule has 0 N–H and O–H groups in total. The summed E-state index contributed by atoms with van der Waals surface area (Å²) in [5.74, 6) is 0. The highest BCUT2D eigenvalue weighted by atomic mass is 32.1. The molecule has 0 radical (unpaired) electrons. The Kier molecular flexibility index (Phi) is 5.99. The summed E-state index contributed by atoms with van der Waals surface area (Å²) in [5.41, 5.74) is 0. The van der Waals surface area contributed by atoms with E-state index in [-0.39, 0.29) is 0 Å². The van der Waals surface area contributed by atoms with Gasteiger partial charge in [-0.25, -0.2) is 0 Å². The van der Waals surface area contributed by atoms with Gasteiger partial charge in [0.25, 0.3) is 0 Å². The van der Waals surface area contributed by atoms with Crippen molar-refractivity contribution >= 4 is 25.0 Å². The van der Waals surface area contributed by atoms with Crippen LogP contribution >= 0.6 is 18.9 Å². The first-order valence-corrected chi connectivity index (χ1v) is 7.89. The number of thiophene rings is 1. The minimum Gasteiger partial charge on any atom is -0.309 e. The van der Waals surface area contributed by atoms with E-state index in [2.05, 4.69) is 0 Å². The van der Waals surface area contributed by atoms with Crippen molar-refractivity contribution in [2.45, 2.75) is 13.8 Å². The Balaban J connectivity index is 2.53. The average Bonchev–Trinajstić information content (AvgIpc) is 2.71. The van der Waals surface area contributed by atoms with Gasteiger partial charge < -0.3 is 9.05 Å². The van der Waals surface area contributed by atoms with Crippen LogP contribution in [0.2, 0.25) is 0 Å². The van der Waals surface area contributed by atoms with E-state index in [0.717, 1.165) is 4.88 Å². The summed E-state index contributed by atoms with van der Waals surface area (Å²) in [4.78, 5) is 1.14. The minimum atomic E-state index is -2.92. The zero-order valence-electron chi connectivity index (χ0n) is 9.59. The smallest absolute Gasteiger partial charge is 0.309 e. The Hall–Kier alpha value is -0.410. The summed E-state index contributed by atoms with van der Waals surface area (Å²) >= 11 is 1.64. The van der Waals surface area contributed by atoms with Crippen molar-refractivity contribution < 1.29 is 13.6 Å². The number of hydrogen-bond acceptors (Lipinski definition) is 4. The quantitative estimate of drug-likeness (QED) is 0.694. The van der Waals surface area contributed by atoms with Crippen LogP contribution in [0.3, 0.4) is 0 Å². The molecule has 1 rings (SSSR count). The van der Waals surface area contributed by atoms with Crippen molar-refractivity contribution in [3.8, 4) is 0 Å². The highest BCUT2D eigenvalue weighted by Gasteiger charge is 2.20. The zero-order chi connectivity index (χ0) is 11.9. The molecule has 0 aliphatic heterocycles. The molecule has 1 aromatic heterocycles. The fourth-order valence-electron chi connectivity index (χ4n) is 1.22. The molecular weight excluding hydrogens is 243 g/mol. The third kappa shape index (κ3) is 4.62. The maximum absolute atomic E-state index is 12.0. The van der Waals surface area contributed by atoms with Crippen LogP contribution in [0.25, 0.3) is 6.08 Å². The van der Waals surface area contributed by atoms with Crippen LogP contribution in [0, 0.1) is 0 Å². The number of hydrogen-bond donors (Lipinski definition) is 0. The summed E-state index contributed by atoms with van der Waals surface area (Å²) < 4.78 is 22.4. The van der Waals surface area contributed by atoms with E-state index in [4.69, 9.17) is 9.05 Å². The molecule has 1 aromatic rings. The van der Waals surface area contributed by atoms with Gasteiger partial charge in [-0.1, -0.05) is 12.1 Å². The second kappa shape index (κ2) is 7.02. The standard InChI is InChI=1S/C11H17O3PS/c1-3-13-15(12,14-4-2)9-5-7-11-8-6-10-16-11/h5-8,10H,3-4,9H2,1-2H3/b7-5+. The van der Waals surface area contributed by atoms with E-state index in [9.17, 15) is 4.57 Å². The third-order valence-electron chi connectivity index (χ3n) is 1.81. The van der Waals surface area contributed by atoms with Gasteiger partial charge in [0.05, 0.1) is 19.4 Å². The molecular formula is C11H17O3PS. The van der Waals surface area contributed by atoms with Crippen LogP contribution in [-0.4, -0.2) is 19.4 Å². The van der Waals surface area contributed by atoms with Crippen molar-refractivity contribution in [1.29, 1.82) is 0 Å². The molecule has 0 aromatic carbocycles. The maximum atomic E-state index is 12.0. The van der Waals surface area contributed by atoms with Crippen LogP contribution in [-0.2, 0) is 13.6 Å². The molecule has 3 nitrogen and oxygen atoms in total. The summed E-state index contributed by atoms with van der Waals surface area (Å²) in [6.45, 7) is 4.44. The van der Waals surface area contributed by atoms with Crippen molar-refractivity contribution in [2.75, 3.05) is 19.4 Å². The Morgan fingerprint density at radius 2 is 2.06 bits per heavy atom. The van der Waals surface area contributed by atoms with Crippen LogP contribution in [0.1, 0.15) is 18.7 Å². The lowest BCUT2D eigenvalue weighted by Crippen LogP contribution is -1.98. The van der Waals surface area contributed by atoms with E-state index in [1.165, 1.54) is 0 Å². The lowest BCUT2D eigenvalue weighted by atomic mass is 10.4. The van der Waals surface area contributed by atoms with Crippen molar-refractivity contribution in [1.82, 2.24) is 0 Å². The van der Waals surface area contributed by atoms with Gasteiger partial charge in [-0.2, -0.15) is 0 Å². The third-order valence-corrected chi connectivity index (χ3v) is 4.60. The SMILES string of the molecule is CCOP(=O)(C/C=C/c1cccs1)OCC. The van der Waals surface area contributed by atoms with Crippen LogP contribution < -0.4 is 0 Å². The number of rotatable bonds is 7. The molecule has 90 valence electrons. The Labute approximate surface area is 101 Å². The van der Waals surface area contributed by atoms with E-state index < -0.39 is 7.60 Å². The highest BCUT2D eigenvalue weighted by molar-refractivity contribution is 7.54. The Morgan fingerprint density at radius 3 is 2.56 bits per heavy atom. The first-order valence-electron chi connectivity index (χ1n) is 5.28. The minimum absolute atomic E-state index is 0.326. The topological polar surface area (TPSA) is 35.5 Å². The lowest BCUT2D eigenvalue weighted by molar-refractivity contribution is 0.222. The molecule has 0 atom stereocenters. The fraction of sp³-hybridized carbons (Fsp3) is 0.455. The molecule has 0 unspecified atom stereocenters. The van der Waals surface area contributed by atoms with Gasteiger partial charge in [0.2, 0.25) is 0 Å². The van der Waals surface area contributed by atoms with Gasteiger partial charge in [0.1, 0.15) is 0 Å². The molecule has 5 heteroatoms. The average molecular weight is 260 g/mol. The van der Waals surface area contributed by atoms with Crippen molar-refractivity contribution in [3.05, 3.63) is 28.5 Å². The Bertz CT molecular complexity index is 349. The summed E-state index contributed by atoms with van der Waals surface area (Å²) in [6, 6.07) is 3.99. The summed E-state index contributed by atoms with van der Waals surface area (Å²) in [5, 5.41) is 2.00. The van der Waals surface area contributed by atoms with Gasteiger partial charge in [0, 0.05) is 4.88 Å². The van der Waals surface area contributed by atoms with E-state index >= 15 is 0 Å².